The molecule has 0 aromatic heterocycles. The van der Waals surface area contributed by atoms with Crippen molar-refractivity contribution in [2.24, 2.45) is 17.2 Å². The van der Waals surface area contributed by atoms with Crippen LogP contribution in [0.5, 0.6) is 0 Å². The molecule has 0 bridgehead atoms. The number of hydrogen-bond donors (Lipinski definition) is 3. The summed E-state index contributed by atoms with van der Waals surface area (Å²) in [7, 11) is 0. The summed E-state index contributed by atoms with van der Waals surface area (Å²) in [5, 5.41) is 1.21. The van der Waals surface area contributed by atoms with Crippen LogP contribution >= 0.6 is 0 Å². The second kappa shape index (κ2) is 7.79. The van der Waals surface area contributed by atoms with Crippen LogP contribution in [0, 0.1) is 0 Å². The van der Waals surface area contributed by atoms with Crippen molar-refractivity contribution in [2.45, 2.75) is 39.0 Å². The fraction of sp³-hybridized carbons (Fsp3) is 0.316. The number of nitrogens with two attached hydrogens (primary N) is 3. The fourth-order valence-corrected chi connectivity index (χ4v) is 3.27. The maximum absolute atomic E-state index is 12.1. The van der Waals surface area contributed by atoms with Crippen LogP contribution in [0.15, 0.2) is 24.3 Å². The minimum Gasteiger partial charge on any atom is -0.366 e. The van der Waals surface area contributed by atoms with E-state index in [1.807, 2.05) is 0 Å². The molecule has 2 rings (SSSR count). The Bertz CT molecular complexity index is 843. The van der Waals surface area contributed by atoms with Gasteiger partial charge in [0.2, 0.25) is 17.7 Å². The summed E-state index contributed by atoms with van der Waals surface area (Å²) in [4.78, 5) is 36.1. The first-order valence-corrected chi connectivity index (χ1v) is 8.37. The molecule has 6 N–H and O–H groups in total. The van der Waals surface area contributed by atoms with Crippen molar-refractivity contribution in [3.63, 3.8) is 0 Å². The first-order chi connectivity index (χ1) is 11.9. The van der Waals surface area contributed by atoms with Crippen molar-refractivity contribution >= 4 is 28.5 Å². The van der Waals surface area contributed by atoms with Crippen LogP contribution in [0.3, 0.4) is 0 Å². The molecule has 0 spiro atoms. The van der Waals surface area contributed by atoms with Crippen molar-refractivity contribution < 1.29 is 14.4 Å². The number of benzene rings is 2. The summed E-state index contributed by atoms with van der Waals surface area (Å²) in [6, 6.07) is 7.04. The Labute approximate surface area is 146 Å². The van der Waals surface area contributed by atoms with Gasteiger partial charge in [0.1, 0.15) is 0 Å². The topological polar surface area (TPSA) is 129 Å². The smallest absolute Gasteiger partial charge is 0.250 e. The third-order valence-electron chi connectivity index (χ3n) is 4.34. The van der Waals surface area contributed by atoms with Crippen LogP contribution in [0.25, 0.3) is 10.8 Å². The zero-order valence-electron chi connectivity index (χ0n) is 14.3. The lowest BCUT2D eigenvalue weighted by molar-refractivity contribution is 0.0954. The summed E-state index contributed by atoms with van der Waals surface area (Å²) in [6.07, 6.45) is 4.55. The summed E-state index contributed by atoms with van der Waals surface area (Å²) in [6.45, 7) is 2.11. The Hall–Kier alpha value is -2.89. The first kappa shape index (κ1) is 18.4. The summed E-state index contributed by atoms with van der Waals surface area (Å²) in [5.74, 6) is -2.49. The van der Waals surface area contributed by atoms with E-state index >= 15 is 0 Å². The van der Waals surface area contributed by atoms with E-state index in [4.69, 9.17) is 17.2 Å². The summed E-state index contributed by atoms with van der Waals surface area (Å²) in [5.41, 5.74) is 16.9. The predicted octanol–water partition coefficient (Wildman–Crippen LogP) is 2.26. The zero-order chi connectivity index (χ0) is 18.6. The fourth-order valence-electron chi connectivity index (χ4n) is 3.27. The number of hydrogen-bond acceptors (Lipinski definition) is 3. The number of amides is 3. The highest BCUT2D eigenvalue weighted by Crippen LogP contribution is 2.32. The van der Waals surface area contributed by atoms with Crippen LogP contribution in [-0.2, 0) is 6.42 Å². The molecule has 3 amide bonds. The molecule has 6 heteroatoms. The van der Waals surface area contributed by atoms with Gasteiger partial charge in [0, 0.05) is 0 Å². The van der Waals surface area contributed by atoms with Gasteiger partial charge in [0.15, 0.2) is 0 Å². The average molecular weight is 341 g/mol. The molecule has 6 nitrogen and oxygen atoms in total. The van der Waals surface area contributed by atoms with Crippen molar-refractivity contribution in [2.75, 3.05) is 0 Å². The highest BCUT2D eigenvalue weighted by Gasteiger charge is 2.27. The predicted molar refractivity (Wildman–Crippen MR) is 97.3 cm³/mol. The maximum atomic E-state index is 12.1. The Kier molecular flexibility index (Phi) is 5.75. The number of primary amides is 3. The molecular formula is C19H23N3O3. The standard InChI is InChI=1S/C19H23N3O3/c1-2-3-4-5-9-12-11-8-6-7-10-13(11)15(18(21)24)16(19(22)25)14(12)17(20)23/h6-8,10H,2-5,9H2,1H3,(H2,20,23)(H2,21,24)(H2,22,25). The third kappa shape index (κ3) is 3.63. The number of unbranched alkanes of at least 4 members (excludes halogenated alkanes) is 3. The number of aryl methyl sites for hydroxylation is 1. The molecule has 0 atom stereocenters. The van der Waals surface area contributed by atoms with Gasteiger partial charge in [0.25, 0.3) is 0 Å². The molecule has 0 fully saturated rings. The van der Waals surface area contributed by atoms with Gasteiger partial charge in [-0.1, -0.05) is 50.5 Å². The quantitative estimate of drug-likeness (QED) is 0.637. The van der Waals surface area contributed by atoms with Gasteiger partial charge in [-0.25, -0.2) is 0 Å². The van der Waals surface area contributed by atoms with Crippen LogP contribution in [0.2, 0.25) is 0 Å². The second-order valence-electron chi connectivity index (χ2n) is 6.05. The van der Waals surface area contributed by atoms with E-state index < -0.39 is 17.7 Å². The molecule has 0 aliphatic heterocycles. The van der Waals surface area contributed by atoms with Gasteiger partial charge in [0.05, 0.1) is 16.7 Å². The minimum absolute atomic E-state index is 0.0106. The Morgan fingerprint density at radius 2 is 1.32 bits per heavy atom. The molecule has 132 valence electrons. The van der Waals surface area contributed by atoms with Gasteiger partial charge in [-0.15, -0.1) is 0 Å². The Morgan fingerprint density at radius 1 is 0.760 bits per heavy atom. The molecule has 0 unspecified atom stereocenters. The molecule has 0 radical (unpaired) electrons. The second-order valence-corrected chi connectivity index (χ2v) is 6.05. The Morgan fingerprint density at radius 3 is 1.84 bits per heavy atom. The van der Waals surface area contributed by atoms with Crippen LogP contribution < -0.4 is 17.2 Å². The molecule has 0 heterocycles. The molecule has 0 saturated carbocycles. The molecule has 0 aliphatic carbocycles. The lowest BCUT2D eigenvalue weighted by atomic mass is 9.85. The van der Waals surface area contributed by atoms with E-state index in [0.29, 0.717) is 22.8 Å². The normalized spacial score (nSPS) is 10.8. The maximum Gasteiger partial charge on any atom is 0.250 e. The minimum atomic E-state index is -0.886. The molecule has 25 heavy (non-hydrogen) atoms. The highest BCUT2D eigenvalue weighted by atomic mass is 16.2. The molecule has 0 aliphatic rings. The van der Waals surface area contributed by atoms with Gasteiger partial charge in [-0.05, 0) is 29.2 Å². The van der Waals surface area contributed by atoms with E-state index in [2.05, 4.69) is 6.92 Å². The molecule has 2 aromatic rings. The number of carbonyl (C=O) groups is 3. The number of carbonyl (C=O) groups excluding carboxylic acids is 3. The van der Waals surface area contributed by atoms with Crippen molar-refractivity contribution in [3.05, 3.63) is 46.5 Å². The third-order valence-corrected chi connectivity index (χ3v) is 4.34. The number of rotatable bonds is 8. The van der Waals surface area contributed by atoms with E-state index in [0.717, 1.165) is 25.7 Å². The van der Waals surface area contributed by atoms with Crippen molar-refractivity contribution in [1.82, 2.24) is 0 Å². The first-order valence-electron chi connectivity index (χ1n) is 8.37. The van der Waals surface area contributed by atoms with Crippen molar-refractivity contribution in [3.8, 4) is 0 Å². The average Bonchev–Trinajstić information content (AvgIpc) is 2.56. The van der Waals surface area contributed by atoms with Crippen LogP contribution in [-0.4, -0.2) is 17.7 Å². The number of fused-ring (bicyclic) bond motifs is 1. The van der Waals surface area contributed by atoms with Crippen molar-refractivity contribution in [1.29, 1.82) is 0 Å². The van der Waals surface area contributed by atoms with E-state index in [1.54, 1.807) is 24.3 Å². The molecular weight excluding hydrogens is 318 g/mol. The van der Waals surface area contributed by atoms with Gasteiger partial charge in [-0.3, -0.25) is 14.4 Å². The largest absolute Gasteiger partial charge is 0.366 e. The van der Waals surface area contributed by atoms with Gasteiger partial charge >= 0.3 is 0 Å². The van der Waals surface area contributed by atoms with Crippen LogP contribution in [0.4, 0.5) is 0 Å². The zero-order valence-corrected chi connectivity index (χ0v) is 14.3. The van der Waals surface area contributed by atoms with E-state index in [-0.39, 0.29) is 16.7 Å². The van der Waals surface area contributed by atoms with E-state index in [9.17, 15) is 14.4 Å². The lowest BCUT2D eigenvalue weighted by Crippen LogP contribution is -2.28. The van der Waals surface area contributed by atoms with E-state index in [1.165, 1.54) is 0 Å². The lowest BCUT2D eigenvalue weighted by Gasteiger charge is -2.18. The van der Waals surface area contributed by atoms with Crippen LogP contribution in [0.1, 0.15) is 69.2 Å². The Balaban J connectivity index is 2.82. The monoisotopic (exact) mass is 341 g/mol. The molecule has 2 aromatic carbocycles. The van der Waals surface area contributed by atoms with Gasteiger partial charge < -0.3 is 17.2 Å². The SMILES string of the molecule is CCCCCCc1c(C(N)=O)c(C(N)=O)c(C(N)=O)c2ccccc12. The molecule has 0 saturated heterocycles. The summed E-state index contributed by atoms with van der Waals surface area (Å²) >= 11 is 0. The summed E-state index contributed by atoms with van der Waals surface area (Å²) < 4.78 is 0. The van der Waals surface area contributed by atoms with Gasteiger partial charge in [-0.2, -0.15) is 0 Å². The highest BCUT2D eigenvalue weighted by molar-refractivity contribution is 6.21.